The molecule has 0 saturated heterocycles. The SMILES string of the molecule is O=CC(O)C(O)C(O)C(O)CO.[H-].[H-].[Mg+2]. The van der Waals surface area contributed by atoms with E-state index in [2.05, 4.69) is 0 Å². The first kappa shape index (κ1) is 15.7. The molecule has 6 nitrogen and oxygen atoms in total. The molecule has 4 atom stereocenters. The Morgan fingerprint density at radius 1 is 1.15 bits per heavy atom. The van der Waals surface area contributed by atoms with Crippen molar-refractivity contribution in [3.05, 3.63) is 0 Å². The topological polar surface area (TPSA) is 118 Å². The summed E-state index contributed by atoms with van der Waals surface area (Å²) in [5, 5.41) is 43.5. The van der Waals surface area contributed by atoms with Crippen molar-refractivity contribution in [1.82, 2.24) is 0 Å². The second-order valence-corrected chi connectivity index (χ2v) is 2.36. The summed E-state index contributed by atoms with van der Waals surface area (Å²) in [7, 11) is 0. The monoisotopic (exact) mass is 206 g/mol. The van der Waals surface area contributed by atoms with Gasteiger partial charge in [0.15, 0.2) is 6.29 Å². The summed E-state index contributed by atoms with van der Waals surface area (Å²) in [4.78, 5) is 9.90. The van der Waals surface area contributed by atoms with Gasteiger partial charge in [0.1, 0.15) is 24.4 Å². The molecule has 4 unspecified atom stereocenters. The van der Waals surface area contributed by atoms with E-state index in [1.165, 1.54) is 0 Å². The molecule has 0 spiro atoms. The predicted octanol–water partition coefficient (Wildman–Crippen LogP) is -3.53. The Kier molecular flexibility index (Phi) is 9.20. The number of aldehydes is 1. The third kappa shape index (κ3) is 4.86. The molecule has 0 aromatic heterocycles. The van der Waals surface area contributed by atoms with Gasteiger partial charge in [0.2, 0.25) is 0 Å². The molecule has 5 N–H and O–H groups in total. The van der Waals surface area contributed by atoms with Gasteiger partial charge in [-0.1, -0.05) is 0 Å². The molecule has 0 amide bonds. The van der Waals surface area contributed by atoms with Crippen molar-refractivity contribution in [1.29, 1.82) is 0 Å². The number of carbonyl (C=O) groups is 1. The number of rotatable bonds is 5. The Labute approximate surface area is 93.9 Å². The van der Waals surface area contributed by atoms with Gasteiger partial charge in [-0.2, -0.15) is 0 Å². The van der Waals surface area contributed by atoms with Crippen LogP contribution in [-0.2, 0) is 4.79 Å². The average Bonchev–Trinajstić information content (AvgIpc) is 2.12. The number of carbonyl (C=O) groups excluding carboxylic acids is 1. The molecular weight excluding hydrogens is 192 g/mol. The second-order valence-electron chi connectivity index (χ2n) is 2.36. The standard InChI is InChI=1S/C6H12O6.Mg.2H/c7-1-3(9)5(11)6(12)4(10)2-8;;;/h1,3-6,8-12H,2H2;;;/q;+2;2*-1. The van der Waals surface area contributed by atoms with E-state index < -0.39 is 31.0 Å². The zero-order chi connectivity index (χ0) is 9.72. The van der Waals surface area contributed by atoms with Crippen LogP contribution in [0.5, 0.6) is 0 Å². The van der Waals surface area contributed by atoms with Crippen LogP contribution in [0, 0.1) is 0 Å². The first-order valence-electron chi connectivity index (χ1n) is 3.33. The summed E-state index contributed by atoms with van der Waals surface area (Å²) in [5.74, 6) is 0. The molecule has 0 heterocycles. The van der Waals surface area contributed by atoms with E-state index >= 15 is 0 Å². The molecule has 0 aliphatic carbocycles. The van der Waals surface area contributed by atoms with Crippen molar-refractivity contribution in [3.63, 3.8) is 0 Å². The third-order valence-electron chi connectivity index (χ3n) is 1.42. The van der Waals surface area contributed by atoms with Crippen molar-refractivity contribution in [2.24, 2.45) is 0 Å². The molecule has 0 aliphatic heterocycles. The number of aliphatic hydroxyl groups excluding tert-OH is 5. The Balaban J connectivity index is -0.000000202. The van der Waals surface area contributed by atoms with Gasteiger partial charge < -0.3 is 33.2 Å². The molecule has 0 aliphatic rings. The maximum Gasteiger partial charge on any atom is 2.00 e. The van der Waals surface area contributed by atoms with Crippen LogP contribution in [0.4, 0.5) is 0 Å². The number of hydrogen-bond acceptors (Lipinski definition) is 6. The van der Waals surface area contributed by atoms with E-state index in [9.17, 15) is 4.79 Å². The van der Waals surface area contributed by atoms with Crippen LogP contribution in [0.15, 0.2) is 0 Å². The minimum Gasteiger partial charge on any atom is -1.00 e. The van der Waals surface area contributed by atoms with E-state index in [0.717, 1.165) is 0 Å². The fraction of sp³-hybridized carbons (Fsp3) is 0.833. The van der Waals surface area contributed by atoms with Gasteiger partial charge in [-0.3, -0.25) is 0 Å². The molecule has 0 saturated carbocycles. The maximum atomic E-state index is 9.90. The summed E-state index contributed by atoms with van der Waals surface area (Å²) in [6.45, 7) is -0.760. The summed E-state index contributed by atoms with van der Waals surface area (Å²) in [6.07, 6.45) is -6.84. The summed E-state index contributed by atoms with van der Waals surface area (Å²) >= 11 is 0. The molecule has 0 aromatic rings. The first-order valence-corrected chi connectivity index (χ1v) is 3.33. The largest absolute Gasteiger partial charge is 2.00 e. The Morgan fingerprint density at radius 3 is 1.92 bits per heavy atom. The van der Waals surface area contributed by atoms with Gasteiger partial charge in [-0.15, -0.1) is 0 Å². The fourth-order valence-corrected chi connectivity index (χ4v) is 0.618. The van der Waals surface area contributed by atoms with Crippen LogP contribution in [-0.4, -0.2) is 85.9 Å². The Hall–Kier alpha value is 0.236. The van der Waals surface area contributed by atoms with Crippen molar-refractivity contribution >= 4 is 29.3 Å². The molecular formula is C6H14MgO6. The average molecular weight is 206 g/mol. The van der Waals surface area contributed by atoms with Crippen LogP contribution >= 0.6 is 0 Å². The predicted molar refractivity (Wildman–Crippen MR) is 45.2 cm³/mol. The van der Waals surface area contributed by atoms with E-state index in [1.807, 2.05) is 0 Å². The van der Waals surface area contributed by atoms with Crippen LogP contribution in [0.25, 0.3) is 0 Å². The van der Waals surface area contributed by atoms with Gasteiger partial charge in [0.25, 0.3) is 0 Å². The van der Waals surface area contributed by atoms with Crippen molar-refractivity contribution in [2.75, 3.05) is 6.61 Å². The number of aliphatic hydroxyl groups is 5. The fourth-order valence-electron chi connectivity index (χ4n) is 0.618. The van der Waals surface area contributed by atoms with Crippen LogP contribution in [0.2, 0.25) is 0 Å². The minimum absolute atomic E-state index is 0. The van der Waals surface area contributed by atoms with Gasteiger partial charge in [-0.25, -0.2) is 0 Å². The zero-order valence-corrected chi connectivity index (χ0v) is 8.36. The third-order valence-corrected chi connectivity index (χ3v) is 1.42. The summed E-state index contributed by atoms with van der Waals surface area (Å²) in [5.41, 5.74) is 0. The summed E-state index contributed by atoms with van der Waals surface area (Å²) in [6, 6.07) is 0. The van der Waals surface area contributed by atoms with Crippen molar-refractivity contribution < 1.29 is 33.2 Å². The van der Waals surface area contributed by atoms with Crippen LogP contribution in [0.1, 0.15) is 2.85 Å². The smallest absolute Gasteiger partial charge is 1.00 e. The van der Waals surface area contributed by atoms with E-state index in [-0.39, 0.29) is 32.2 Å². The molecule has 7 heteroatoms. The van der Waals surface area contributed by atoms with Crippen molar-refractivity contribution in [3.8, 4) is 0 Å². The summed E-state index contributed by atoms with van der Waals surface area (Å²) < 4.78 is 0. The maximum absolute atomic E-state index is 9.90. The van der Waals surface area contributed by atoms with Gasteiger partial charge in [0.05, 0.1) is 6.61 Å². The first-order chi connectivity index (χ1) is 5.54. The zero-order valence-electron chi connectivity index (χ0n) is 8.95. The number of hydrogen-bond donors (Lipinski definition) is 5. The Morgan fingerprint density at radius 2 is 1.62 bits per heavy atom. The minimum atomic E-state index is -1.79. The normalized spacial score (nSPS) is 19.5. The molecule has 76 valence electrons. The Bertz CT molecular complexity index is 152. The van der Waals surface area contributed by atoms with E-state index in [4.69, 9.17) is 25.5 Å². The molecule has 0 rings (SSSR count). The van der Waals surface area contributed by atoms with E-state index in [1.54, 1.807) is 0 Å². The molecule has 0 fully saturated rings. The van der Waals surface area contributed by atoms with Gasteiger partial charge >= 0.3 is 23.1 Å². The van der Waals surface area contributed by atoms with Gasteiger partial charge in [-0.05, 0) is 0 Å². The van der Waals surface area contributed by atoms with E-state index in [0.29, 0.717) is 0 Å². The van der Waals surface area contributed by atoms with Gasteiger partial charge in [0, 0.05) is 0 Å². The molecule has 0 aromatic carbocycles. The van der Waals surface area contributed by atoms with Crippen molar-refractivity contribution in [2.45, 2.75) is 24.4 Å². The second kappa shape index (κ2) is 7.62. The molecule has 0 radical (unpaired) electrons. The molecule has 13 heavy (non-hydrogen) atoms. The molecule has 0 bridgehead atoms. The van der Waals surface area contributed by atoms with Crippen LogP contribution < -0.4 is 0 Å². The van der Waals surface area contributed by atoms with Crippen LogP contribution in [0.3, 0.4) is 0 Å². The quantitative estimate of drug-likeness (QED) is 0.235.